The van der Waals surface area contributed by atoms with Crippen LogP contribution in [0.2, 0.25) is 0 Å². The van der Waals surface area contributed by atoms with E-state index in [9.17, 15) is 13.9 Å². The largest absolute Gasteiger partial charge is 0.502 e. The summed E-state index contributed by atoms with van der Waals surface area (Å²) in [4.78, 5) is 2.17. The summed E-state index contributed by atoms with van der Waals surface area (Å²) in [5.74, 6) is -1.09. The monoisotopic (exact) mass is 349 g/mol. The molecule has 0 unspecified atom stereocenters. The zero-order valence-corrected chi connectivity index (χ0v) is 14.0. The molecule has 1 N–H and O–H groups in total. The van der Waals surface area contributed by atoms with Crippen LogP contribution in [-0.2, 0) is 6.54 Å². The van der Waals surface area contributed by atoms with Gasteiger partial charge in [0.05, 0.1) is 7.11 Å². The fourth-order valence-corrected chi connectivity index (χ4v) is 3.04. The first-order valence-electron chi connectivity index (χ1n) is 8.25. The van der Waals surface area contributed by atoms with Crippen LogP contribution in [-0.4, -0.2) is 36.3 Å². The smallest absolute Gasteiger partial charge is 0.194 e. The van der Waals surface area contributed by atoms with Crippen molar-refractivity contribution in [3.63, 3.8) is 0 Å². The van der Waals surface area contributed by atoms with Crippen molar-refractivity contribution in [2.24, 2.45) is 0 Å². The van der Waals surface area contributed by atoms with Gasteiger partial charge >= 0.3 is 0 Å². The maximum atomic E-state index is 13.7. The molecule has 0 spiro atoms. The molecule has 0 bridgehead atoms. The van der Waals surface area contributed by atoms with Gasteiger partial charge in [-0.1, -0.05) is 12.1 Å². The Hall–Kier alpha value is -2.34. The highest BCUT2D eigenvalue weighted by molar-refractivity contribution is 5.43. The van der Waals surface area contributed by atoms with Gasteiger partial charge in [0.25, 0.3) is 0 Å². The molecule has 0 radical (unpaired) electrons. The van der Waals surface area contributed by atoms with E-state index in [1.54, 1.807) is 24.3 Å². The molecule has 0 aliphatic carbocycles. The normalized spacial score (nSPS) is 16.0. The van der Waals surface area contributed by atoms with Crippen LogP contribution in [0.1, 0.15) is 18.4 Å². The molecule has 6 heteroatoms. The van der Waals surface area contributed by atoms with Crippen LogP contribution in [0.25, 0.3) is 0 Å². The highest BCUT2D eigenvalue weighted by atomic mass is 19.1. The third-order valence-corrected chi connectivity index (χ3v) is 4.38. The molecular formula is C19H21F2NO3. The topological polar surface area (TPSA) is 41.9 Å². The number of phenols is 1. The Bertz CT molecular complexity index is 731. The van der Waals surface area contributed by atoms with Crippen molar-refractivity contribution in [3.8, 4) is 17.2 Å². The lowest BCUT2D eigenvalue weighted by Crippen LogP contribution is -2.37. The van der Waals surface area contributed by atoms with Crippen molar-refractivity contribution in [1.29, 1.82) is 0 Å². The Morgan fingerprint density at radius 3 is 2.48 bits per heavy atom. The summed E-state index contributed by atoms with van der Waals surface area (Å²) in [7, 11) is 1.39. The molecule has 0 aromatic heterocycles. The van der Waals surface area contributed by atoms with E-state index in [1.165, 1.54) is 19.2 Å². The second kappa shape index (κ2) is 7.70. The van der Waals surface area contributed by atoms with E-state index >= 15 is 0 Å². The van der Waals surface area contributed by atoms with Crippen molar-refractivity contribution in [3.05, 3.63) is 53.6 Å². The van der Waals surface area contributed by atoms with Crippen LogP contribution >= 0.6 is 0 Å². The average molecular weight is 349 g/mol. The number of hydrogen-bond acceptors (Lipinski definition) is 4. The lowest BCUT2D eigenvalue weighted by Gasteiger charge is -2.32. The lowest BCUT2D eigenvalue weighted by molar-refractivity contribution is 0.0934. The molecule has 134 valence electrons. The van der Waals surface area contributed by atoms with E-state index in [-0.39, 0.29) is 23.4 Å². The predicted molar refractivity (Wildman–Crippen MR) is 89.9 cm³/mol. The highest BCUT2D eigenvalue weighted by Crippen LogP contribution is 2.31. The van der Waals surface area contributed by atoms with Crippen LogP contribution < -0.4 is 9.47 Å². The Labute approximate surface area is 145 Å². The number of benzene rings is 2. The Morgan fingerprint density at radius 1 is 1.08 bits per heavy atom. The summed E-state index contributed by atoms with van der Waals surface area (Å²) in [5, 5.41) is 9.56. The average Bonchev–Trinajstić information content (AvgIpc) is 2.61. The number of aromatic hydroxyl groups is 1. The first kappa shape index (κ1) is 17.5. The Kier molecular flexibility index (Phi) is 5.38. The maximum Gasteiger partial charge on any atom is 0.194 e. The molecule has 1 saturated heterocycles. The van der Waals surface area contributed by atoms with Crippen LogP contribution in [0.4, 0.5) is 8.78 Å². The molecule has 0 atom stereocenters. The number of piperidine rings is 1. The van der Waals surface area contributed by atoms with Gasteiger partial charge in [-0.05, 0) is 42.7 Å². The van der Waals surface area contributed by atoms with Crippen molar-refractivity contribution in [2.75, 3.05) is 20.2 Å². The van der Waals surface area contributed by atoms with Crippen LogP contribution in [0.5, 0.6) is 17.2 Å². The predicted octanol–water partition coefficient (Wildman–Crippen LogP) is 3.72. The number of likely N-dealkylation sites (tertiary alicyclic amines) is 1. The number of ether oxygens (including phenoxy) is 2. The van der Waals surface area contributed by atoms with Gasteiger partial charge in [-0.2, -0.15) is 0 Å². The molecule has 3 rings (SSSR count). The van der Waals surface area contributed by atoms with Gasteiger partial charge in [0, 0.05) is 19.6 Å². The first-order valence-corrected chi connectivity index (χ1v) is 8.25. The third-order valence-electron chi connectivity index (χ3n) is 4.38. The minimum Gasteiger partial charge on any atom is -0.502 e. The molecule has 0 amide bonds. The Balaban J connectivity index is 1.56. The number of methoxy groups -OCH3 is 1. The molecular weight excluding hydrogens is 328 g/mol. The molecule has 2 aromatic rings. The first-order chi connectivity index (χ1) is 12.1. The summed E-state index contributed by atoms with van der Waals surface area (Å²) >= 11 is 0. The molecule has 1 heterocycles. The van der Waals surface area contributed by atoms with Crippen LogP contribution in [0.3, 0.4) is 0 Å². The van der Waals surface area contributed by atoms with Gasteiger partial charge in [0.2, 0.25) is 0 Å². The zero-order valence-electron chi connectivity index (χ0n) is 14.0. The van der Waals surface area contributed by atoms with Gasteiger partial charge in [-0.15, -0.1) is 0 Å². The van der Waals surface area contributed by atoms with Gasteiger partial charge < -0.3 is 14.6 Å². The van der Waals surface area contributed by atoms with Crippen LogP contribution in [0, 0.1) is 11.6 Å². The minimum atomic E-state index is -0.688. The standard InChI is InChI=1S/C19H21F2NO3/c1-24-18-11-13(10-16(21)19(18)23)12-22-8-6-14(7-9-22)25-17-5-3-2-4-15(17)20/h2-5,10-11,14,23H,6-9,12H2,1H3. The van der Waals surface area contributed by atoms with Gasteiger partial charge in [0.1, 0.15) is 6.10 Å². The quantitative estimate of drug-likeness (QED) is 0.893. The van der Waals surface area contributed by atoms with E-state index in [2.05, 4.69) is 4.90 Å². The Morgan fingerprint density at radius 2 is 1.80 bits per heavy atom. The summed E-state index contributed by atoms with van der Waals surface area (Å²) in [6.07, 6.45) is 1.51. The van der Waals surface area contributed by atoms with E-state index in [1.807, 2.05) is 0 Å². The van der Waals surface area contributed by atoms with Crippen molar-refractivity contribution < 1.29 is 23.4 Å². The molecule has 4 nitrogen and oxygen atoms in total. The van der Waals surface area contributed by atoms with Gasteiger partial charge in [-0.25, -0.2) is 8.78 Å². The number of halogens is 2. The molecule has 1 aliphatic rings. The number of nitrogens with zero attached hydrogens (tertiary/aromatic N) is 1. The number of para-hydroxylation sites is 1. The summed E-state index contributed by atoms with van der Waals surface area (Å²) in [5.41, 5.74) is 0.737. The minimum absolute atomic E-state index is 0.0285. The number of rotatable bonds is 5. The van der Waals surface area contributed by atoms with E-state index in [0.717, 1.165) is 31.5 Å². The maximum absolute atomic E-state index is 13.7. The van der Waals surface area contributed by atoms with E-state index in [4.69, 9.17) is 9.47 Å². The molecule has 1 aliphatic heterocycles. The molecule has 2 aromatic carbocycles. The molecule has 0 saturated carbocycles. The van der Waals surface area contributed by atoms with Crippen LogP contribution in [0.15, 0.2) is 36.4 Å². The fraction of sp³-hybridized carbons (Fsp3) is 0.368. The SMILES string of the molecule is COc1cc(CN2CCC(Oc3ccccc3F)CC2)cc(F)c1O. The van der Waals surface area contributed by atoms with E-state index in [0.29, 0.717) is 6.54 Å². The van der Waals surface area contributed by atoms with Crippen molar-refractivity contribution in [2.45, 2.75) is 25.5 Å². The fourth-order valence-electron chi connectivity index (χ4n) is 3.04. The zero-order chi connectivity index (χ0) is 17.8. The second-order valence-electron chi connectivity index (χ2n) is 6.15. The van der Waals surface area contributed by atoms with E-state index < -0.39 is 11.6 Å². The molecule has 1 fully saturated rings. The third kappa shape index (κ3) is 4.20. The lowest BCUT2D eigenvalue weighted by atomic mass is 10.1. The highest BCUT2D eigenvalue weighted by Gasteiger charge is 2.22. The summed E-state index contributed by atoms with van der Waals surface area (Å²) < 4.78 is 38.1. The number of hydrogen-bond donors (Lipinski definition) is 1. The molecule has 25 heavy (non-hydrogen) atoms. The summed E-state index contributed by atoms with van der Waals surface area (Å²) in [6.45, 7) is 2.09. The van der Waals surface area contributed by atoms with Crippen molar-refractivity contribution in [1.82, 2.24) is 4.90 Å². The van der Waals surface area contributed by atoms with Crippen molar-refractivity contribution >= 4 is 0 Å². The summed E-state index contributed by atoms with van der Waals surface area (Å²) in [6, 6.07) is 9.36. The second-order valence-corrected chi connectivity index (χ2v) is 6.15. The van der Waals surface area contributed by atoms with Gasteiger partial charge in [-0.3, -0.25) is 4.90 Å². The van der Waals surface area contributed by atoms with Gasteiger partial charge in [0.15, 0.2) is 28.9 Å². The number of phenolic OH excluding ortho intramolecular Hbond substituents is 1.